The average Bonchev–Trinajstić information content (AvgIpc) is 3.14. The highest BCUT2D eigenvalue weighted by atomic mass is 16.5. The van der Waals surface area contributed by atoms with Gasteiger partial charge in [0.2, 0.25) is 5.76 Å². The number of ether oxygens (including phenoxy) is 1. The summed E-state index contributed by atoms with van der Waals surface area (Å²) in [6.07, 6.45) is 6.29. The highest BCUT2D eigenvalue weighted by Crippen LogP contribution is 2.49. The molecule has 1 N–H and O–H groups in total. The van der Waals surface area contributed by atoms with Crippen LogP contribution in [0.4, 0.5) is 0 Å². The quantitative estimate of drug-likeness (QED) is 0.853. The number of hydrogen-bond acceptors (Lipinski definition) is 4. The smallest absolute Gasteiger partial charge is 0.373 e. The second kappa shape index (κ2) is 4.67. The molecule has 1 heterocycles. The molecule has 3 rings (SSSR count). The van der Waals surface area contributed by atoms with Gasteiger partial charge in [-0.3, -0.25) is 0 Å². The lowest BCUT2D eigenvalue weighted by Crippen LogP contribution is -2.33. The molecule has 1 aromatic heterocycles. The van der Waals surface area contributed by atoms with Crippen LogP contribution >= 0.6 is 0 Å². The third kappa shape index (κ3) is 2.41. The second-order valence-electron chi connectivity index (χ2n) is 5.88. The molecule has 0 amide bonds. The zero-order valence-corrected chi connectivity index (χ0v) is 11.2. The van der Waals surface area contributed by atoms with E-state index in [0.717, 1.165) is 18.8 Å². The first-order valence-corrected chi connectivity index (χ1v) is 7.03. The standard InChI is InChI=1S/C15H20O4/c1-18-14(16)12-6-7-13(19-12)15(17)8-2-3-11(9-15)10-4-5-10/h6-7,10-11,17H,2-5,8-9H2,1H3. The predicted molar refractivity (Wildman–Crippen MR) is 68.6 cm³/mol. The average molecular weight is 264 g/mol. The van der Waals surface area contributed by atoms with Gasteiger partial charge in [-0.25, -0.2) is 4.79 Å². The summed E-state index contributed by atoms with van der Waals surface area (Å²) >= 11 is 0. The van der Waals surface area contributed by atoms with Gasteiger partial charge in [-0.05, 0) is 62.5 Å². The number of esters is 1. The van der Waals surface area contributed by atoms with Gasteiger partial charge >= 0.3 is 5.97 Å². The Morgan fingerprint density at radius 1 is 1.37 bits per heavy atom. The number of carbonyl (C=O) groups is 1. The van der Waals surface area contributed by atoms with Crippen molar-refractivity contribution in [1.82, 2.24) is 0 Å². The van der Waals surface area contributed by atoms with E-state index in [1.807, 2.05) is 0 Å². The summed E-state index contributed by atoms with van der Waals surface area (Å²) in [7, 11) is 1.32. The zero-order chi connectivity index (χ0) is 13.5. The van der Waals surface area contributed by atoms with Crippen LogP contribution in [-0.2, 0) is 10.3 Å². The van der Waals surface area contributed by atoms with Gasteiger partial charge in [-0.2, -0.15) is 0 Å². The summed E-state index contributed by atoms with van der Waals surface area (Å²) < 4.78 is 10.1. The molecule has 0 aliphatic heterocycles. The van der Waals surface area contributed by atoms with Crippen LogP contribution < -0.4 is 0 Å². The minimum Gasteiger partial charge on any atom is -0.463 e. The number of aliphatic hydroxyl groups is 1. The Hall–Kier alpha value is -1.29. The molecule has 2 aliphatic carbocycles. The molecule has 2 saturated carbocycles. The van der Waals surface area contributed by atoms with E-state index in [2.05, 4.69) is 4.74 Å². The SMILES string of the molecule is COC(=O)c1ccc(C2(O)CCCC(C3CC3)C2)o1. The molecule has 0 radical (unpaired) electrons. The van der Waals surface area contributed by atoms with Crippen molar-refractivity contribution in [2.45, 2.75) is 44.1 Å². The van der Waals surface area contributed by atoms with Gasteiger partial charge in [0.15, 0.2) is 0 Å². The van der Waals surface area contributed by atoms with Gasteiger partial charge in [-0.1, -0.05) is 0 Å². The van der Waals surface area contributed by atoms with E-state index in [1.165, 1.54) is 26.4 Å². The van der Waals surface area contributed by atoms with Gasteiger partial charge in [0, 0.05) is 0 Å². The molecule has 2 aliphatic rings. The van der Waals surface area contributed by atoms with Crippen LogP contribution in [0.5, 0.6) is 0 Å². The van der Waals surface area contributed by atoms with Gasteiger partial charge in [-0.15, -0.1) is 0 Å². The fourth-order valence-corrected chi connectivity index (χ4v) is 3.29. The van der Waals surface area contributed by atoms with Crippen LogP contribution in [0.2, 0.25) is 0 Å². The number of furan rings is 1. The lowest BCUT2D eigenvalue weighted by atomic mass is 9.75. The molecule has 0 bridgehead atoms. The van der Waals surface area contributed by atoms with Crippen molar-refractivity contribution in [3.8, 4) is 0 Å². The van der Waals surface area contributed by atoms with Crippen molar-refractivity contribution < 1.29 is 19.1 Å². The summed E-state index contributed by atoms with van der Waals surface area (Å²) in [5.41, 5.74) is -0.905. The molecule has 4 heteroatoms. The van der Waals surface area contributed by atoms with Crippen molar-refractivity contribution >= 4 is 5.97 Å². The summed E-state index contributed by atoms with van der Waals surface area (Å²) in [5, 5.41) is 10.8. The summed E-state index contributed by atoms with van der Waals surface area (Å²) in [6.45, 7) is 0. The molecule has 2 unspecified atom stereocenters. The molecule has 0 spiro atoms. The molecule has 2 fully saturated rings. The maximum atomic E-state index is 11.4. The van der Waals surface area contributed by atoms with Gasteiger partial charge < -0.3 is 14.3 Å². The Bertz CT molecular complexity index is 474. The molecular formula is C15H20O4. The van der Waals surface area contributed by atoms with E-state index in [9.17, 15) is 9.90 Å². The van der Waals surface area contributed by atoms with Gasteiger partial charge in [0.25, 0.3) is 0 Å². The number of rotatable bonds is 3. The van der Waals surface area contributed by atoms with Crippen LogP contribution in [0.25, 0.3) is 0 Å². The first-order chi connectivity index (χ1) is 9.12. The van der Waals surface area contributed by atoms with Crippen LogP contribution in [0.15, 0.2) is 16.5 Å². The lowest BCUT2D eigenvalue weighted by molar-refractivity contribution is -0.0428. The van der Waals surface area contributed by atoms with Crippen molar-refractivity contribution in [1.29, 1.82) is 0 Å². The Balaban J connectivity index is 1.78. The highest BCUT2D eigenvalue weighted by Gasteiger charge is 2.43. The molecule has 104 valence electrons. The Morgan fingerprint density at radius 2 is 2.16 bits per heavy atom. The number of hydrogen-bond donors (Lipinski definition) is 1. The van der Waals surface area contributed by atoms with E-state index in [0.29, 0.717) is 18.1 Å². The van der Waals surface area contributed by atoms with Gasteiger partial charge in [0.1, 0.15) is 11.4 Å². The second-order valence-corrected chi connectivity index (χ2v) is 5.88. The normalized spacial score (nSPS) is 31.2. The van der Waals surface area contributed by atoms with Crippen LogP contribution in [0.1, 0.15) is 54.8 Å². The van der Waals surface area contributed by atoms with Crippen molar-refractivity contribution in [2.75, 3.05) is 7.11 Å². The first-order valence-electron chi connectivity index (χ1n) is 7.03. The van der Waals surface area contributed by atoms with Crippen LogP contribution in [0.3, 0.4) is 0 Å². The Kier molecular flexibility index (Phi) is 3.13. The van der Waals surface area contributed by atoms with Crippen molar-refractivity contribution in [2.24, 2.45) is 11.8 Å². The summed E-state index contributed by atoms with van der Waals surface area (Å²) in [6, 6.07) is 3.29. The molecule has 2 atom stereocenters. The van der Waals surface area contributed by atoms with Crippen LogP contribution in [0, 0.1) is 11.8 Å². The van der Waals surface area contributed by atoms with Crippen LogP contribution in [-0.4, -0.2) is 18.2 Å². The third-order valence-electron chi connectivity index (χ3n) is 4.51. The van der Waals surface area contributed by atoms with E-state index >= 15 is 0 Å². The fraction of sp³-hybridized carbons (Fsp3) is 0.667. The van der Waals surface area contributed by atoms with Crippen molar-refractivity contribution in [3.63, 3.8) is 0 Å². The third-order valence-corrected chi connectivity index (χ3v) is 4.51. The number of methoxy groups -OCH3 is 1. The number of carbonyl (C=O) groups excluding carboxylic acids is 1. The van der Waals surface area contributed by atoms with E-state index in [4.69, 9.17) is 4.42 Å². The Labute approximate surface area is 112 Å². The zero-order valence-electron chi connectivity index (χ0n) is 11.2. The van der Waals surface area contributed by atoms with E-state index < -0.39 is 11.6 Å². The Morgan fingerprint density at radius 3 is 2.84 bits per heavy atom. The lowest BCUT2D eigenvalue weighted by Gasteiger charge is -2.35. The monoisotopic (exact) mass is 264 g/mol. The molecule has 0 aromatic carbocycles. The maximum Gasteiger partial charge on any atom is 0.373 e. The minimum absolute atomic E-state index is 0.166. The minimum atomic E-state index is -0.905. The summed E-state index contributed by atoms with van der Waals surface area (Å²) in [5.74, 6) is 1.58. The van der Waals surface area contributed by atoms with E-state index in [-0.39, 0.29) is 5.76 Å². The van der Waals surface area contributed by atoms with Gasteiger partial charge in [0.05, 0.1) is 7.11 Å². The predicted octanol–water partition coefficient (Wildman–Crippen LogP) is 2.85. The topological polar surface area (TPSA) is 59.7 Å². The maximum absolute atomic E-state index is 11.4. The fourth-order valence-electron chi connectivity index (χ4n) is 3.29. The van der Waals surface area contributed by atoms with E-state index in [1.54, 1.807) is 12.1 Å². The van der Waals surface area contributed by atoms with Crippen molar-refractivity contribution in [3.05, 3.63) is 23.7 Å². The molecule has 4 nitrogen and oxygen atoms in total. The molecule has 0 saturated heterocycles. The first kappa shape index (κ1) is 12.7. The molecule has 19 heavy (non-hydrogen) atoms. The summed E-state index contributed by atoms with van der Waals surface area (Å²) in [4.78, 5) is 11.4. The molecule has 1 aromatic rings. The largest absolute Gasteiger partial charge is 0.463 e. The molecular weight excluding hydrogens is 244 g/mol. The highest BCUT2D eigenvalue weighted by molar-refractivity contribution is 5.86.